The number of nitrogens with zero attached hydrogens (tertiary/aromatic N) is 1. The number of aryl methyl sites for hydroxylation is 1. The molecule has 0 aliphatic carbocycles. The van der Waals surface area contributed by atoms with Crippen molar-refractivity contribution in [3.8, 4) is 0 Å². The van der Waals surface area contributed by atoms with E-state index in [0.717, 1.165) is 12.5 Å². The third kappa shape index (κ3) is 4.43. The first-order valence-corrected chi connectivity index (χ1v) is 5.72. The van der Waals surface area contributed by atoms with Crippen molar-refractivity contribution in [1.82, 2.24) is 10.3 Å². The van der Waals surface area contributed by atoms with Gasteiger partial charge in [0.25, 0.3) is 0 Å². The van der Waals surface area contributed by atoms with Crippen LogP contribution in [0.3, 0.4) is 0 Å². The number of hydrogen-bond acceptors (Lipinski definition) is 2. The van der Waals surface area contributed by atoms with Crippen molar-refractivity contribution in [3.05, 3.63) is 29.6 Å². The summed E-state index contributed by atoms with van der Waals surface area (Å²) in [7, 11) is 0. The summed E-state index contributed by atoms with van der Waals surface area (Å²) >= 11 is 0. The van der Waals surface area contributed by atoms with Crippen molar-refractivity contribution < 1.29 is 0 Å². The largest absolute Gasteiger partial charge is 0.310 e. The normalized spacial score (nSPS) is 13.1. The number of pyridine rings is 1. The van der Waals surface area contributed by atoms with Crippen LogP contribution in [0.15, 0.2) is 18.5 Å². The van der Waals surface area contributed by atoms with Crippen LogP contribution in [0.4, 0.5) is 0 Å². The van der Waals surface area contributed by atoms with Crippen LogP contribution in [0, 0.1) is 12.8 Å². The molecule has 2 nitrogen and oxygen atoms in total. The fourth-order valence-electron chi connectivity index (χ4n) is 1.78. The van der Waals surface area contributed by atoms with Gasteiger partial charge >= 0.3 is 0 Å². The quantitative estimate of drug-likeness (QED) is 0.801. The van der Waals surface area contributed by atoms with E-state index >= 15 is 0 Å². The van der Waals surface area contributed by atoms with Crippen LogP contribution in [0.5, 0.6) is 0 Å². The minimum atomic E-state index is 0.581. The topological polar surface area (TPSA) is 24.9 Å². The van der Waals surface area contributed by atoms with Gasteiger partial charge < -0.3 is 5.32 Å². The average Bonchev–Trinajstić information content (AvgIpc) is 2.15. The summed E-state index contributed by atoms with van der Waals surface area (Å²) in [5.41, 5.74) is 2.61. The summed E-state index contributed by atoms with van der Waals surface area (Å²) in [6, 6.07) is 2.67. The van der Waals surface area contributed by atoms with Gasteiger partial charge in [0.1, 0.15) is 0 Å². The van der Waals surface area contributed by atoms with E-state index in [-0.39, 0.29) is 0 Å². The van der Waals surface area contributed by atoms with E-state index in [1.54, 1.807) is 0 Å². The first kappa shape index (κ1) is 12.2. The van der Waals surface area contributed by atoms with E-state index in [9.17, 15) is 0 Å². The molecular formula is C13H22N2. The van der Waals surface area contributed by atoms with Crippen LogP contribution in [0.25, 0.3) is 0 Å². The van der Waals surface area contributed by atoms with Gasteiger partial charge in [-0.3, -0.25) is 4.98 Å². The van der Waals surface area contributed by atoms with Gasteiger partial charge in [-0.25, -0.2) is 0 Å². The lowest BCUT2D eigenvalue weighted by Crippen LogP contribution is -2.27. The zero-order valence-electron chi connectivity index (χ0n) is 10.2. The van der Waals surface area contributed by atoms with Crippen LogP contribution in [0.1, 0.15) is 38.3 Å². The van der Waals surface area contributed by atoms with E-state index < -0.39 is 0 Å². The highest BCUT2D eigenvalue weighted by Crippen LogP contribution is 2.07. The van der Waals surface area contributed by atoms with Gasteiger partial charge in [-0.15, -0.1) is 0 Å². The number of nitrogens with one attached hydrogen (secondary N) is 1. The Hall–Kier alpha value is -0.890. The fraction of sp³-hybridized carbons (Fsp3) is 0.615. The lowest BCUT2D eigenvalue weighted by Gasteiger charge is -2.16. The van der Waals surface area contributed by atoms with Crippen molar-refractivity contribution in [3.63, 3.8) is 0 Å². The Morgan fingerprint density at radius 1 is 1.33 bits per heavy atom. The van der Waals surface area contributed by atoms with Crippen molar-refractivity contribution >= 4 is 0 Å². The Kier molecular flexibility index (Phi) is 4.76. The second-order valence-corrected chi connectivity index (χ2v) is 4.71. The summed E-state index contributed by atoms with van der Waals surface area (Å²) in [5, 5.41) is 3.54. The van der Waals surface area contributed by atoms with Gasteiger partial charge in [0.05, 0.1) is 0 Å². The smallest absolute Gasteiger partial charge is 0.0300 e. The summed E-state index contributed by atoms with van der Waals surface area (Å²) in [5.74, 6) is 0.756. The van der Waals surface area contributed by atoms with Crippen LogP contribution >= 0.6 is 0 Å². The van der Waals surface area contributed by atoms with E-state index in [0.29, 0.717) is 6.04 Å². The Bertz CT molecular complexity index is 294. The molecule has 15 heavy (non-hydrogen) atoms. The predicted molar refractivity (Wildman–Crippen MR) is 64.7 cm³/mol. The molecule has 0 aliphatic rings. The molecule has 84 valence electrons. The summed E-state index contributed by atoms with van der Waals surface area (Å²) in [4.78, 5) is 4.09. The Balaban J connectivity index is 2.40. The molecule has 0 spiro atoms. The maximum absolute atomic E-state index is 4.09. The lowest BCUT2D eigenvalue weighted by molar-refractivity contribution is 0.441. The lowest BCUT2D eigenvalue weighted by atomic mass is 10.0. The second-order valence-electron chi connectivity index (χ2n) is 4.71. The van der Waals surface area contributed by atoms with Crippen molar-refractivity contribution in [2.24, 2.45) is 5.92 Å². The van der Waals surface area contributed by atoms with Gasteiger partial charge in [0.15, 0.2) is 0 Å². The predicted octanol–water partition coefficient (Wildman–Crippen LogP) is 2.91. The summed E-state index contributed by atoms with van der Waals surface area (Å²) in [6.07, 6.45) is 5.01. The van der Waals surface area contributed by atoms with Crippen LogP contribution in [0.2, 0.25) is 0 Å². The molecule has 0 saturated heterocycles. The van der Waals surface area contributed by atoms with Crippen LogP contribution in [-0.4, -0.2) is 11.0 Å². The molecule has 1 atom stereocenters. The summed E-state index contributed by atoms with van der Waals surface area (Å²) < 4.78 is 0. The van der Waals surface area contributed by atoms with Gasteiger partial charge in [-0.05, 0) is 43.4 Å². The Morgan fingerprint density at radius 3 is 2.67 bits per heavy atom. The zero-order chi connectivity index (χ0) is 11.3. The Labute approximate surface area is 93.1 Å². The number of rotatable bonds is 5. The van der Waals surface area contributed by atoms with E-state index in [1.807, 2.05) is 12.4 Å². The highest BCUT2D eigenvalue weighted by molar-refractivity contribution is 5.21. The average molecular weight is 206 g/mol. The third-order valence-corrected chi connectivity index (χ3v) is 2.60. The number of aromatic nitrogens is 1. The number of hydrogen-bond donors (Lipinski definition) is 1. The van der Waals surface area contributed by atoms with E-state index in [1.165, 1.54) is 17.5 Å². The zero-order valence-corrected chi connectivity index (χ0v) is 10.2. The van der Waals surface area contributed by atoms with Crippen molar-refractivity contribution in [1.29, 1.82) is 0 Å². The Morgan fingerprint density at radius 2 is 2.07 bits per heavy atom. The van der Waals surface area contributed by atoms with Gasteiger partial charge in [0, 0.05) is 25.0 Å². The molecule has 1 heterocycles. The monoisotopic (exact) mass is 206 g/mol. The molecule has 1 unspecified atom stereocenters. The minimum Gasteiger partial charge on any atom is -0.310 e. The van der Waals surface area contributed by atoms with E-state index in [4.69, 9.17) is 0 Å². The maximum atomic E-state index is 4.09. The molecule has 0 aromatic carbocycles. The fourth-order valence-corrected chi connectivity index (χ4v) is 1.78. The SMILES string of the molecule is Cc1cnccc1CNC(C)CC(C)C. The molecule has 0 saturated carbocycles. The van der Waals surface area contributed by atoms with Gasteiger partial charge in [-0.2, -0.15) is 0 Å². The van der Waals surface area contributed by atoms with E-state index in [2.05, 4.69) is 44.1 Å². The standard InChI is InChI=1S/C13H22N2/c1-10(2)7-12(4)15-9-13-5-6-14-8-11(13)3/h5-6,8,10,12,15H,7,9H2,1-4H3. The minimum absolute atomic E-state index is 0.581. The molecule has 1 aromatic heterocycles. The highest BCUT2D eigenvalue weighted by atomic mass is 14.9. The molecule has 0 aliphatic heterocycles. The van der Waals surface area contributed by atoms with Crippen LogP contribution in [-0.2, 0) is 6.54 Å². The molecule has 0 bridgehead atoms. The molecule has 1 aromatic rings. The molecule has 0 amide bonds. The molecule has 0 fully saturated rings. The first-order valence-electron chi connectivity index (χ1n) is 5.72. The second kappa shape index (κ2) is 5.86. The van der Waals surface area contributed by atoms with Gasteiger partial charge in [0.2, 0.25) is 0 Å². The van der Waals surface area contributed by atoms with Crippen molar-refractivity contribution in [2.45, 2.75) is 46.7 Å². The maximum Gasteiger partial charge on any atom is 0.0300 e. The highest BCUT2D eigenvalue weighted by Gasteiger charge is 2.05. The van der Waals surface area contributed by atoms with Gasteiger partial charge in [-0.1, -0.05) is 13.8 Å². The van der Waals surface area contributed by atoms with Crippen LogP contribution < -0.4 is 5.32 Å². The molecular weight excluding hydrogens is 184 g/mol. The molecule has 0 radical (unpaired) electrons. The first-order chi connectivity index (χ1) is 7.09. The molecule has 1 N–H and O–H groups in total. The molecule has 2 heteroatoms. The summed E-state index contributed by atoms with van der Waals surface area (Å²) in [6.45, 7) is 9.82. The molecule has 1 rings (SSSR count). The van der Waals surface area contributed by atoms with Crippen molar-refractivity contribution in [2.75, 3.05) is 0 Å². The third-order valence-electron chi connectivity index (χ3n) is 2.60.